The first-order chi connectivity index (χ1) is 12.9. The lowest BCUT2D eigenvalue weighted by atomic mass is 10.3. The highest BCUT2D eigenvalue weighted by Gasteiger charge is 2.23. The second-order valence-corrected chi connectivity index (χ2v) is 10.9. The minimum absolute atomic E-state index is 0.00589. The van der Waals surface area contributed by atoms with Crippen molar-refractivity contribution in [3.05, 3.63) is 48.5 Å². The van der Waals surface area contributed by atoms with E-state index in [0.29, 0.717) is 13.1 Å². The van der Waals surface area contributed by atoms with Crippen LogP contribution in [-0.4, -0.2) is 42.6 Å². The van der Waals surface area contributed by atoms with Gasteiger partial charge < -0.3 is 0 Å². The molecule has 0 aromatic heterocycles. The molecule has 2 aromatic rings. The summed E-state index contributed by atoms with van der Waals surface area (Å²) in [4.78, 5) is -0.438. The first-order valence-electron chi connectivity index (χ1n) is 8.17. The number of hydrogen-bond donors (Lipinski definition) is 2. The van der Waals surface area contributed by atoms with Gasteiger partial charge in [0.1, 0.15) is 0 Å². The third-order valence-corrected chi connectivity index (χ3v) is 8.26. The molecule has 0 aliphatic rings. The van der Waals surface area contributed by atoms with Crippen LogP contribution in [0.2, 0.25) is 0 Å². The number of nitrogens with zero attached hydrogens (tertiary/aromatic N) is 1. The third-order valence-electron chi connectivity index (χ3n) is 3.89. The molecule has 0 heterocycles. The van der Waals surface area contributed by atoms with Crippen molar-refractivity contribution in [1.82, 2.24) is 4.31 Å². The van der Waals surface area contributed by atoms with E-state index in [-0.39, 0.29) is 20.4 Å². The van der Waals surface area contributed by atoms with Gasteiger partial charge in [0.2, 0.25) is 20.0 Å². The van der Waals surface area contributed by atoms with Crippen LogP contribution in [0.5, 0.6) is 0 Å². The summed E-state index contributed by atoms with van der Waals surface area (Å²) in [7, 11) is -11.8. The van der Waals surface area contributed by atoms with E-state index in [1.165, 1.54) is 46.8 Å². The lowest BCUT2D eigenvalue weighted by molar-refractivity contribution is 0.445. The smallest absolute Gasteiger partial charge is 0.261 e. The van der Waals surface area contributed by atoms with Crippen molar-refractivity contribution in [2.75, 3.05) is 17.8 Å². The Morgan fingerprint density at radius 1 is 0.821 bits per heavy atom. The Morgan fingerprint density at radius 3 is 1.86 bits per heavy atom. The SMILES string of the molecule is CCN(CC)S(=O)(=O)c1ccc(S(=O)(=O)Nc2cccc(S(N)(=O)=O)c2)cc1. The summed E-state index contributed by atoms with van der Waals surface area (Å²) >= 11 is 0. The number of anilines is 1. The fourth-order valence-electron chi connectivity index (χ4n) is 2.45. The molecule has 0 radical (unpaired) electrons. The molecule has 0 spiro atoms. The molecule has 0 saturated carbocycles. The minimum atomic E-state index is -4.06. The van der Waals surface area contributed by atoms with Crippen LogP contribution in [0.4, 0.5) is 5.69 Å². The molecule has 28 heavy (non-hydrogen) atoms. The van der Waals surface area contributed by atoms with E-state index >= 15 is 0 Å². The van der Waals surface area contributed by atoms with Crippen LogP contribution in [0.15, 0.2) is 63.2 Å². The molecule has 0 bridgehead atoms. The number of nitrogens with one attached hydrogen (secondary N) is 1. The molecule has 12 heteroatoms. The number of primary sulfonamides is 1. The monoisotopic (exact) mass is 447 g/mol. The van der Waals surface area contributed by atoms with E-state index in [1.807, 2.05) is 0 Å². The average Bonchev–Trinajstić information content (AvgIpc) is 2.62. The Kier molecular flexibility index (Phi) is 6.51. The lowest BCUT2D eigenvalue weighted by Gasteiger charge is -2.18. The van der Waals surface area contributed by atoms with E-state index in [0.717, 1.165) is 6.07 Å². The summed E-state index contributed by atoms with van der Waals surface area (Å²) in [6.07, 6.45) is 0. The van der Waals surface area contributed by atoms with Crippen LogP contribution in [-0.2, 0) is 30.1 Å². The molecule has 0 aliphatic heterocycles. The molecule has 0 aliphatic carbocycles. The highest BCUT2D eigenvalue weighted by Crippen LogP contribution is 2.21. The Labute approximate surface area is 165 Å². The maximum Gasteiger partial charge on any atom is 0.261 e. The standard InChI is InChI=1S/C16H21N3O6S3/c1-3-19(4-2)28(24,25)15-10-8-14(9-11-15)27(22,23)18-13-6-5-7-16(12-13)26(17,20)21/h5-12,18H,3-4H2,1-2H3,(H2,17,20,21). The number of benzene rings is 2. The van der Waals surface area contributed by atoms with Gasteiger partial charge in [-0.2, -0.15) is 4.31 Å². The normalized spacial score (nSPS) is 12.9. The van der Waals surface area contributed by atoms with Crippen LogP contribution < -0.4 is 9.86 Å². The quantitative estimate of drug-likeness (QED) is 0.621. The second kappa shape index (κ2) is 8.17. The molecule has 2 rings (SSSR count). The minimum Gasteiger partial charge on any atom is -0.280 e. The Morgan fingerprint density at radius 2 is 1.36 bits per heavy atom. The predicted molar refractivity (Wildman–Crippen MR) is 105 cm³/mol. The molecular formula is C16H21N3O6S3. The van der Waals surface area contributed by atoms with Crippen LogP contribution in [0.1, 0.15) is 13.8 Å². The van der Waals surface area contributed by atoms with E-state index in [4.69, 9.17) is 5.14 Å². The predicted octanol–water partition coefficient (Wildman–Crippen LogP) is 1.17. The van der Waals surface area contributed by atoms with Crippen molar-refractivity contribution >= 4 is 35.8 Å². The van der Waals surface area contributed by atoms with Gasteiger partial charge in [-0.15, -0.1) is 0 Å². The van der Waals surface area contributed by atoms with Gasteiger partial charge >= 0.3 is 0 Å². The zero-order valence-electron chi connectivity index (χ0n) is 15.2. The maximum absolute atomic E-state index is 12.5. The van der Waals surface area contributed by atoms with Gasteiger partial charge in [0.25, 0.3) is 10.0 Å². The third kappa shape index (κ3) is 4.89. The highest BCUT2D eigenvalue weighted by atomic mass is 32.2. The fraction of sp³-hybridized carbons (Fsp3) is 0.250. The number of rotatable bonds is 8. The molecule has 154 valence electrons. The first kappa shape index (κ1) is 22.3. The van der Waals surface area contributed by atoms with Crippen molar-refractivity contribution in [1.29, 1.82) is 0 Å². The summed E-state index contributed by atoms with van der Waals surface area (Å²) in [6, 6.07) is 9.80. The summed E-state index contributed by atoms with van der Waals surface area (Å²) in [5.74, 6) is 0. The molecule has 0 saturated heterocycles. The second-order valence-electron chi connectivity index (χ2n) is 5.74. The zero-order valence-corrected chi connectivity index (χ0v) is 17.7. The lowest BCUT2D eigenvalue weighted by Crippen LogP contribution is -2.30. The van der Waals surface area contributed by atoms with Crippen molar-refractivity contribution in [3.63, 3.8) is 0 Å². The Hall–Kier alpha value is -1.99. The Balaban J connectivity index is 2.33. The number of nitrogens with two attached hydrogens (primary N) is 1. The summed E-state index contributed by atoms with van der Waals surface area (Å²) in [5, 5.41) is 5.04. The molecule has 0 amide bonds. The summed E-state index contributed by atoms with van der Waals surface area (Å²) in [6.45, 7) is 4.00. The van der Waals surface area contributed by atoms with Crippen LogP contribution >= 0.6 is 0 Å². The van der Waals surface area contributed by atoms with Gasteiger partial charge in [0.15, 0.2) is 0 Å². The highest BCUT2D eigenvalue weighted by molar-refractivity contribution is 7.92. The van der Waals surface area contributed by atoms with Crippen molar-refractivity contribution in [3.8, 4) is 0 Å². The van der Waals surface area contributed by atoms with Crippen molar-refractivity contribution in [2.45, 2.75) is 28.5 Å². The van der Waals surface area contributed by atoms with E-state index < -0.39 is 30.1 Å². The maximum atomic E-state index is 12.5. The average molecular weight is 448 g/mol. The molecule has 2 aromatic carbocycles. The van der Waals surface area contributed by atoms with Gasteiger partial charge in [-0.1, -0.05) is 19.9 Å². The largest absolute Gasteiger partial charge is 0.280 e. The molecule has 0 fully saturated rings. The number of sulfonamides is 3. The van der Waals surface area contributed by atoms with Crippen LogP contribution in [0, 0.1) is 0 Å². The summed E-state index contributed by atoms with van der Waals surface area (Å²) in [5.41, 5.74) is 0.00589. The molecule has 3 N–H and O–H groups in total. The van der Waals surface area contributed by atoms with Gasteiger partial charge in [-0.25, -0.2) is 30.4 Å². The van der Waals surface area contributed by atoms with Gasteiger partial charge in [-0.3, -0.25) is 4.72 Å². The molecule has 0 unspecified atom stereocenters. The number of hydrogen-bond acceptors (Lipinski definition) is 6. The summed E-state index contributed by atoms with van der Waals surface area (Å²) < 4.78 is 76.3. The van der Waals surface area contributed by atoms with E-state index in [1.54, 1.807) is 13.8 Å². The topological polar surface area (TPSA) is 144 Å². The van der Waals surface area contributed by atoms with Gasteiger partial charge in [-0.05, 0) is 42.5 Å². The molecule has 9 nitrogen and oxygen atoms in total. The van der Waals surface area contributed by atoms with Gasteiger partial charge in [0.05, 0.1) is 20.4 Å². The van der Waals surface area contributed by atoms with Crippen molar-refractivity contribution < 1.29 is 25.3 Å². The first-order valence-corrected chi connectivity index (χ1v) is 12.6. The molecular weight excluding hydrogens is 426 g/mol. The van der Waals surface area contributed by atoms with Crippen LogP contribution in [0.3, 0.4) is 0 Å². The van der Waals surface area contributed by atoms with Gasteiger partial charge in [0, 0.05) is 13.1 Å². The Bertz CT molecular complexity index is 1150. The zero-order chi connectivity index (χ0) is 21.2. The fourth-order valence-corrected chi connectivity index (χ4v) is 5.52. The van der Waals surface area contributed by atoms with E-state index in [9.17, 15) is 25.3 Å². The van der Waals surface area contributed by atoms with E-state index in [2.05, 4.69) is 4.72 Å². The van der Waals surface area contributed by atoms with Crippen LogP contribution in [0.25, 0.3) is 0 Å². The molecule has 0 atom stereocenters. The van der Waals surface area contributed by atoms with Crippen molar-refractivity contribution in [2.24, 2.45) is 5.14 Å².